The molecule has 3 nitrogen and oxygen atoms in total. The fraction of sp³-hybridized carbons (Fsp3) is 0.182. The topological polar surface area (TPSA) is 27.1 Å². The van der Waals surface area contributed by atoms with E-state index in [9.17, 15) is 12.9 Å². The van der Waals surface area contributed by atoms with Crippen LogP contribution in [0.15, 0.2) is 30.3 Å². The van der Waals surface area contributed by atoms with Crippen molar-refractivity contribution < 1.29 is 69.1 Å². The van der Waals surface area contributed by atoms with Crippen LogP contribution in [-0.2, 0) is 7.05 Å². The number of hydrogen-bond acceptors (Lipinski definition) is 2. The molecular formula is C11H11BF3KN2O. The van der Waals surface area contributed by atoms with E-state index in [-0.39, 0.29) is 51.4 Å². The number of halogens is 3. The van der Waals surface area contributed by atoms with Crippen molar-refractivity contribution in [1.29, 1.82) is 0 Å². The molecule has 0 aliphatic heterocycles. The summed E-state index contributed by atoms with van der Waals surface area (Å²) in [7, 11) is 3.02. The predicted molar refractivity (Wildman–Crippen MR) is 63.9 cm³/mol. The maximum absolute atomic E-state index is 12.6. The van der Waals surface area contributed by atoms with Gasteiger partial charge in [-0.25, -0.2) is 5.10 Å². The van der Waals surface area contributed by atoms with E-state index < -0.39 is 12.6 Å². The Morgan fingerprint density at radius 1 is 1.16 bits per heavy atom. The molecule has 0 radical (unpaired) electrons. The number of hydrogen-bond donors (Lipinski definition) is 0. The van der Waals surface area contributed by atoms with Gasteiger partial charge in [-0.05, 0) is 35.9 Å². The van der Waals surface area contributed by atoms with Crippen LogP contribution in [0, 0.1) is 0 Å². The number of ether oxygens (including phenoxy) is 1. The molecule has 1 aromatic heterocycles. The molecular weight excluding hydrogens is 283 g/mol. The summed E-state index contributed by atoms with van der Waals surface area (Å²) in [5.74, 6) is 0.654. The first-order valence-corrected chi connectivity index (χ1v) is 5.30. The van der Waals surface area contributed by atoms with E-state index in [1.54, 1.807) is 24.3 Å². The number of nitrogens with zero attached hydrogens (tertiary/aromatic N) is 2. The van der Waals surface area contributed by atoms with Crippen molar-refractivity contribution in [2.45, 2.75) is 0 Å². The van der Waals surface area contributed by atoms with Gasteiger partial charge in [-0.1, -0.05) is 0 Å². The van der Waals surface area contributed by atoms with E-state index in [1.165, 1.54) is 18.8 Å². The third kappa shape index (κ3) is 3.85. The summed E-state index contributed by atoms with van der Waals surface area (Å²) >= 11 is 0. The third-order valence-electron chi connectivity index (χ3n) is 2.62. The summed E-state index contributed by atoms with van der Waals surface area (Å²) < 4.78 is 44.0. The Balaban J connectivity index is 0.00000180. The molecule has 8 heteroatoms. The first-order valence-electron chi connectivity index (χ1n) is 5.30. The average molecular weight is 294 g/mol. The second-order valence-electron chi connectivity index (χ2n) is 3.88. The van der Waals surface area contributed by atoms with Gasteiger partial charge in [0.1, 0.15) is 5.75 Å². The van der Waals surface area contributed by atoms with Gasteiger partial charge in [0, 0.05) is 12.6 Å². The molecule has 0 aliphatic rings. The summed E-state index contributed by atoms with van der Waals surface area (Å²) in [4.78, 5) is 0. The van der Waals surface area contributed by atoms with Crippen molar-refractivity contribution >= 4 is 12.6 Å². The van der Waals surface area contributed by atoms with Gasteiger partial charge in [0.05, 0.1) is 12.8 Å². The Bertz CT molecular complexity index is 554. The average Bonchev–Trinajstić information content (AvgIpc) is 2.71. The minimum absolute atomic E-state index is 0. The van der Waals surface area contributed by atoms with Crippen molar-refractivity contribution in [3.8, 4) is 17.0 Å². The molecule has 0 saturated carbocycles. The zero-order valence-electron chi connectivity index (χ0n) is 10.9. The first kappa shape index (κ1) is 16.8. The number of aromatic nitrogens is 2. The quantitative estimate of drug-likeness (QED) is 0.690. The summed E-state index contributed by atoms with van der Waals surface area (Å²) in [6, 6.07) is 7.84. The van der Waals surface area contributed by atoms with Crippen molar-refractivity contribution in [2.24, 2.45) is 7.05 Å². The van der Waals surface area contributed by atoms with Gasteiger partial charge in [-0.3, -0.25) is 4.68 Å². The standard InChI is InChI=1S/C11H11BF3N2O.K/c1-17-10(7-11(16-17)12(13,14)15)8-3-5-9(18-2)6-4-8;/h3-7H,1-2H3;/q-1;+1. The van der Waals surface area contributed by atoms with E-state index in [0.29, 0.717) is 17.0 Å². The van der Waals surface area contributed by atoms with E-state index in [4.69, 9.17) is 4.74 Å². The van der Waals surface area contributed by atoms with Crippen LogP contribution in [0.3, 0.4) is 0 Å². The minimum Gasteiger partial charge on any atom is -0.497 e. The number of rotatable bonds is 3. The monoisotopic (exact) mass is 294 g/mol. The molecule has 0 bridgehead atoms. The normalized spacial score (nSPS) is 11.0. The Morgan fingerprint density at radius 3 is 2.16 bits per heavy atom. The van der Waals surface area contributed by atoms with E-state index in [0.717, 1.165) is 6.07 Å². The second-order valence-corrected chi connectivity index (χ2v) is 3.88. The Morgan fingerprint density at radius 2 is 1.74 bits per heavy atom. The van der Waals surface area contributed by atoms with Crippen molar-refractivity contribution in [3.05, 3.63) is 30.3 Å². The second kappa shape index (κ2) is 6.45. The maximum atomic E-state index is 12.6. The molecule has 0 atom stereocenters. The van der Waals surface area contributed by atoms with Crippen LogP contribution in [0.4, 0.5) is 12.9 Å². The molecule has 2 aromatic rings. The number of methoxy groups -OCH3 is 1. The van der Waals surface area contributed by atoms with Crippen LogP contribution < -0.4 is 61.7 Å². The fourth-order valence-corrected chi connectivity index (χ4v) is 1.68. The van der Waals surface area contributed by atoms with Gasteiger partial charge in [0.15, 0.2) is 0 Å². The van der Waals surface area contributed by atoms with Crippen LogP contribution >= 0.6 is 0 Å². The van der Waals surface area contributed by atoms with Gasteiger partial charge in [-0.2, -0.15) is 0 Å². The molecule has 0 fully saturated rings. The Kier molecular flexibility index (Phi) is 5.69. The van der Waals surface area contributed by atoms with Gasteiger partial charge in [0.25, 0.3) is 0 Å². The van der Waals surface area contributed by atoms with E-state index >= 15 is 0 Å². The first-order chi connectivity index (χ1) is 8.41. The smallest absolute Gasteiger partial charge is 0.497 e. The molecule has 96 valence electrons. The molecule has 0 N–H and O–H groups in total. The number of benzene rings is 1. The van der Waals surface area contributed by atoms with Crippen LogP contribution in [0.25, 0.3) is 11.3 Å². The largest absolute Gasteiger partial charge is 1.00 e. The van der Waals surface area contributed by atoms with E-state index in [2.05, 4.69) is 5.10 Å². The maximum Gasteiger partial charge on any atom is 1.00 e. The Hall–Kier alpha value is -0.279. The van der Waals surface area contributed by atoms with Crippen LogP contribution in [0.5, 0.6) is 5.75 Å². The SMILES string of the molecule is COc1ccc(-c2cc([B-](F)(F)F)nn2C)cc1.[K+]. The zero-order chi connectivity index (χ0) is 13.3. The van der Waals surface area contributed by atoms with Crippen LogP contribution in [0.2, 0.25) is 0 Å². The summed E-state index contributed by atoms with van der Waals surface area (Å²) in [6.45, 7) is -5.07. The van der Waals surface area contributed by atoms with E-state index in [1.807, 2.05) is 0 Å². The molecule has 0 aliphatic carbocycles. The molecule has 1 aromatic carbocycles. The van der Waals surface area contributed by atoms with Crippen molar-refractivity contribution in [3.63, 3.8) is 0 Å². The molecule has 0 saturated heterocycles. The predicted octanol–water partition coefficient (Wildman–Crippen LogP) is -0.846. The van der Waals surface area contributed by atoms with Gasteiger partial charge in [-0.15, -0.1) is 0 Å². The summed E-state index contributed by atoms with van der Waals surface area (Å²) in [5.41, 5.74) is 0.257. The fourth-order valence-electron chi connectivity index (χ4n) is 1.68. The molecule has 0 amide bonds. The number of aryl methyl sites for hydroxylation is 1. The molecule has 2 rings (SSSR count). The third-order valence-corrected chi connectivity index (χ3v) is 2.62. The minimum atomic E-state index is -5.07. The Labute approximate surface area is 151 Å². The van der Waals surface area contributed by atoms with Crippen molar-refractivity contribution in [1.82, 2.24) is 9.78 Å². The summed E-state index contributed by atoms with van der Waals surface area (Å²) in [6.07, 6.45) is 0. The zero-order valence-corrected chi connectivity index (χ0v) is 14.0. The van der Waals surface area contributed by atoms with Crippen molar-refractivity contribution in [2.75, 3.05) is 7.11 Å². The van der Waals surface area contributed by atoms with Gasteiger partial charge in [0.2, 0.25) is 0 Å². The van der Waals surface area contributed by atoms with Gasteiger partial charge >= 0.3 is 58.4 Å². The molecule has 19 heavy (non-hydrogen) atoms. The molecule has 1 heterocycles. The van der Waals surface area contributed by atoms with Crippen LogP contribution in [0.1, 0.15) is 0 Å². The molecule has 0 unspecified atom stereocenters. The summed E-state index contributed by atoms with van der Waals surface area (Å²) in [5, 5.41) is 3.49. The van der Waals surface area contributed by atoms with Crippen LogP contribution in [-0.4, -0.2) is 23.9 Å². The van der Waals surface area contributed by atoms with Gasteiger partial charge < -0.3 is 17.7 Å². The molecule has 0 spiro atoms.